The highest BCUT2D eigenvalue weighted by molar-refractivity contribution is 7.89. The number of nitrogens with two attached hydrogens (primary N) is 1. The molecule has 1 aromatic rings. The number of esters is 1. The Labute approximate surface area is 155 Å². The van der Waals surface area contributed by atoms with Gasteiger partial charge in [-0.2, -0.15) is 4.31 Å². The normalized spacial score (nSPS) is 16.0. The van der Waals surface area contributed by atoms with E-state index in [2.05, 4.69) is 0 Å². The molecule has 3 N–H and O–H groups in total. The number of rotatable bonds is 5. The van der Waals surface area contributed by atoms with Gasteiger partial charge in [0, 0.05) is 18.1 Å². The van der Waals surface area contributed by atoms with Gasteiger partial charge < -0.3 is 10.5 Å². The number of hydrogen-bond acceptors (Lipinski definition) is 6. The Kier molecular flexibility index (Phi) is 6.57. The van der Waals surface area contributed by atoms with Gasteiger partial charge in [-0.1, -0.05) is 11.6 Å². The molecule has 1 saturated heterocycles. The average Bonchev–Trinajstić information content (AvgIpc) is 2.59. The van der Waals surface area contributed by atoms with Crippen LogP contribution in [0.3, 0.4) is 0 Å². The number of benzene rings is 1. The number of urea groups is 1. The van der Waals surface area contributed by atoms with Crippen molar-refractivity contribution in [2.75, 3.05) is 19.7 Å². The van der Waals surface area contributed by atoms with E-state index in [0.717, 1.165) is 0 Å². The quantitative estimate of drug-likeness (QED) is 0.686. The van der Waals surface area contributed by atoms with Crippen molar-refractivity contribution in [3.05, 3.63) is 29.3 Å². The van der Waals surface area contributed by atoms with E-state index in [1.54, 1.807) is 5.32 Å². The zero-order valence-corrected chi connectivity index (χ0v) is 15.3. The first-order valence-corrected chi connectivity index (χ1v) is 9.53. The maximum atomic E-state index is 12.6. The number of nitrogens with one attached hydrogen (secondary N) is 1. The van der Waals surface area contributed by atoms with Crippen LogP contribution in [-0.2, 0) is 24.3 Å². The number of imide groups is 1. The Balaban J connectivity index is 1.88. The highest BCUT2D eigenvalue weighted by atomic mass is 35.5. The van der Waals surface area contributed by atoms with Gasteiger partial charge in [-0.15, -0.1) is 0 Å². The molecule has 0 radical (unpaired) electrons. The summed E-state index contributed by atoms with van der Waals surface area (Å²) in [5.74, 6) is -1.96. The van der Waals surface area contributed by atoms with Crippen LogP contribution in [0.2, 0.25) is 5.02 Å². The molecule has 142 valence electrons. The van der Waals surface area contributed by atoms with Crippen molar-refractivity contribution < 1.29 is 27.5 Å². The molecule has 11 heteroatoms. The van der Waals surface area contributed by atoms with E-state index in [-0.39, 0.29) is 30.8 Å². The molecule has 1 aliphatic heterocycles. The summed E-state index contributed by atoms with van der Waals surface area (Å²) in [6.45, 7) is -0.318. The first-order chi connectivity index (χ1) is 12.2. The van der Waals surface area contributed by atoms with Gasteiger partial charge in [-0.05, 0) is 37.1 Å². The molecule has 0 bridgehead atoms. The fourth-order valence-electron chi connectivity index (χ4n) is 2.52. The topological polar surface area (TPSA) is 136 Å². The molecule has 3 amide bonds. The van der Waals surface area contributed by atoms with Gasteiger partial charge in [0.2, 0.25) is 10.0 Å². The minimum Gasteiger partial charge on any atom is -0.455 e. The molecular weight excluding hydrogens is 386 g/mol. The van der Waals surface area contributed by atoms with Crippen molar-refractivity contribution in [1.82, 2.24) is 9.62 Å². The number of primary amides is 1. The fourth-order valence-corrected chi connectivity index (χ4v) is 4.11. The minimum absolute atomic E-state index is 0.131. The molecule has 1 aromatic carbocycles. The van der Waals surface area contributed by atoms with Crippen molar-refractivity contribution in [2.24, 2.45) is 11.7 Å². The summed E-state index contributed by atoms with van der Waals surface area (Å²) in [4.78, 5) is 33.8. The molecular formula is C15H18ClN3O6S. The van der Waals surface area contributed by atoms with Gasteiger partial charge in [-0.25, -0.2) is 13.2 Å². The third kappa shape index (κ3) is 5.16. The molecule has 0 aromatic heterocycles. The van der Waals surface area contributed by atoms with Crippen LogP contribution in [0, 0.1) is 5.92 Å². The van der Waals surface area contributed by atoms with Crippen LogP contribution in [0.15, 0.2) is 29.2 Å². The first kappa shape index (κ1) is 20.1. The third-order valence-electron chi connectivity index (χ3n) is 3.85. The molecule has 1 heterocycles. The summed E-state index contributed by atoms with van der Waals surface area (Å²) in [5.41, 5.74) is 4.77. The summed E-state index contributed by atoms with van der Waals surface area (Å²) in [6.07, 6.45) is 0.534. The van der Waals surface area contributed by atoms with E-state index in [9.17, 15) is 22.8 Å². The highest BCUT2D eigenvalue weighted by Crippen LogP contribution is 2.25. The number of ether oxygens (including phenoxy) is 1. The first-order valence-electron chi connectivity index (χ1n) is 7.72. The van der Waals surface area contributed by atoms with E-state index in [1.165, 1.54) is 28.6 Å². The molecule has 1 aliphatic rings. The van der Waals surface area contributed by atoms with Crippen LogP contribution >= 0.6 is 11.6 Å². The largest absolute Gasteiger partial charge is 0.455 e. The standard InChI is InChI=1S/C15H18ClN3O6S/c16-11-1-3-12(4-2-11)26(23,24)19-7-5-10(6-8-19)14(21)25-9-13(20)18-15(17)22/h1-4,10H,5-9H2,(H3,17,18,20,22). The van der Waals surface area contributed by atoms with Gasteiger partial charge in [0.05, 0.1) is 10.8 Å². The second-order valence-corrected chi connectivity index (χ2v) is 8.03. The van der Waals surface area contributed by atoms with Crippen molar-refractivity contribution in [3.63, 3.8) is 0 Å². The molecule has 0 saturated carbocycles. The van der Waals surface area contributed by atoms with Gasteiger partial charge in [-0.3, -0.25) is 14.9 Å². The van der Waals surface area contributed by atoms with Crippen LogP contribution in [-0.4, -0.2) is 50.3 Å². The maximum Gasteiger partial charge on any atom is 0.318 e. The number of nitrogens with zero attached hydrogens (tertiary/aromatic N) is 1. The number of piperidine rings is 1. The summed E-state index contributed by atoms with van der Waals surface area (Å²) in [5, 5.41) is 2.21. The van der Waals surface area contributed by atoms with Gasteiger partial charge in [0.1, 0.15) is 0 Å². The number of carbonyl (C=O) groups excluding carboxylic acids is 3. The monoisotopic (exact) mass is 403 g/mol. The lowest BCUT2D eigenvalue weighted by Crippen LogP contribution is -2.41. The van der Waals surface area contributed by atoms with Crippen molar-refractivity contribution >= 4 is 39.5 Å². The number of amides is 3. The summed E-state index contributed by atoms with van der Waals surface area (Å²) >= 11 is 5.77. The van der Waals surface area contributed by atoms with E-state index in [0.29, 0.717) is 5.02 Å². The Hall–Kier alpha value is -2.17. The zero-order valence-electron chi connectivity index (χ0n) is 13.7. The Morgan fingerprint density at radius 3 is 2.31 bits per heavy atom. The maximum absolute atomic E-state index is 12.6. The lowest BCUT2D eigenvalue weighted by Gasteiger charge is -2.30. The molecule has 0 spiro atoms. The SMILES string of the molecule is NC(=O)NC(=O)COC(=O)C1CCN(S(=O)(=O)c2ccc(Cl)cc2)CC1. The lowest BCUT2D eigenvalue weighted by atomic mass is 9.98. The highest BCUT2D eigenvalue weighted by Gasteiger charge is 2.33. The van der Waals surface area contributed by atoms with Crippen molar-refractivity contribution in [1.29, 1.82) is 0 Å². The van der Waals surface area contributed by atoms with Gasteiger partial charge in [0.25, 0.3) is 5.91 Å². The Bertz CT molecular complexity index is 788. The lowest BCUT2D eigenvalue weighted by molar-refractivity contribution is -0.153. The van der Waals surface area contributed by atoms with E-state index in [4.69, 9.17) is 22.1 Å². The summed E-state index contributed by atoms with van der Waals surface area (Å²) in [7, 11) is -3.66. The second-order valence-electron chi connectivity index (χ2n) is 5.65. The fraction of sp³-hybridized carbons (Fsp3) is 0.400. The van der Waals surface area contributed by atoms with Crippen LogP contribution in [0.25, 0.3) is 0 Å². The predicted octanol–water partition coefficient (Wildman–Crippen LogP) is 0.479. The second kappa shape index (κ2) is 8.47. The summed E-state index contributed by atoms with van der Waals surface area (Å²) in [6, 6.07) is 4.81. The molecule has 9 nitrogen and oxygen atoms in total. The van der Waals surface area contributed by atoms with Crippen molar-refractivity contribution in [2.45, 2.75) is 17.7 Å². The van der Waals surface area contributed by atoms with Crippen LogP contribution in [0.4, 0.5) is 4.79 Å². The molecule has 0 unspecified atom stereocenters. The predicted molar refractivity (Wildman–Crippen MR) is 91.6 cm³/mol. The number of halogens is 1. The van der Waals surface area contributed by atoms with Crippen LogP contribution in [0.1, 0.15) is 12.8 Å². The van der Waals surface area contributed by atoms with Crippen LogP contribution in [0.5, 0.6) is 0 Å². The molecule has 2 rings (SSSR count). The molecule has 0 aliphatic carbocycles. The Morgan fingerprint density at radius 2 is 1.77 bits per heavy atom. The van der Waals surface area contributed by atoms with E-state index in [1.807, 2.05) is 0 Å². The summed E-state index contributed by atoms with van der Waals surface area (Å²) < 4.78 is 31.2. The van der Waals surface area contributed by atoms with E-state index < -0.39 is 40.5 Å². The number of sulfonamides is 1. The molecule has 1 fully saturated rings. The van der Waals surface area contributed by atoms with Crippen LogP contribution < -0.4 is 11.1 Å². The Morgan fingerprint density at radius 1 is 1.19 bits per heavy atom. The van der Waals surface area contributed by atoms with E-state index >= 15 is 0 Å². The number of carbonyl (C=O) groups is 3. The van der Waals surface area contributed by atoms with Gasteiger partial charge in [0.15, 0.2) is 6.61 Å². The van der Waals surface area contributed by atoms with Crippen molar-refractivity contribution in [3.8, 4) is 0 Å². The number of hydrogen-bond donors (Lipinski definition) is 2. The molecule has 0 atom stereocenters. The smallest absolute Gasteiger partial charge is 0.318 e. The molecule has 26 heavy (non-hydrogen) atoms. The zero-order chi connectivity index (χ0) is 19.3. The third-order valence-corrected chi connectivity index (χ3v) is 6.01. The minimum atomic E-state index is -3.66. The van der Waals surface area contributed by atoms with Gasteiger partial charge >= 0.3 is 12.0 Å². The average molecular weight is 404 g/mol.